The summed E-state index contributed by atoms with van der Waals surface area (Å²) in [5.41, 5.74) is 0.414. The molecule has 2 aromatic heterocycles. The van der Waals surface area contributed by atoms with Crippen molar-refractivity contribution in [1.29, 1.82) is 0 Å². The van der Waals surface area contributed by atoms with Gasteiger partial charge in [0.1, 0.15) is 36.5 Å². The van der Waals surface area contributed by atoms with E-state index < -0.39 is 11.9 Å². The Morgan fingerprint density at radius 2 is 1.84 bits per heavy atom. The maximum atomic E-state index is 13.6. The van der Waals surface area contributed by atoms with Crippen LogP contribution < -0.4 is 15.0 Å². The van der Waals surface area contributed by atoms with Crippen molar-refractivity contribution in [3.8, 4) is 11.5 Å². The van der Waals surface area contributed by atoms with Gasteiger partial charge in [-0.1, -0.05) is 11.6 Å². The molecule has 0 saturated carbocycles. The Balaban J connectivity index is 1.32. The number of anilines is 1. The monoisotopic (exact) mass is 539 g/mol. The van der Waals surface area contributed by atoms with Crippen molar-refractivity contribution in [1.82, 2.24) is 20.1 Å². The van der Waals surface area contributed by atoms with Gasteiger partial charge in [-0.2, -0.15) is 5.10 Å². The molecule has 0 unspecified atom stereocenters. The zero-order chi connectivity index (χ0) is 25.8. The first-order valence-electron chi connectivity index (χ1n) is 11.6. The highest BCUT2D eigenvalue weighted by molar-refractivity contribution is 7.16. The summed E-state index contributed by atoms with van der Waals surface area (Å²) in [5, 5.41) is 7.28. The Bertz CT molecular complexity index is 1360. The minimum absolute atomic E-state index is 0.136. The molecule has 0 radical (unpaired) electrons. The molecule has 8 nitrogen and oxygen atoms in total. The maximum Gasteiger partial charge on any atom is 0.255 e. The number of carbonyl (C=O) groups excluding carboxylic acids is 2. The molecule has 190 valence electrons. The molecule has 11 heteroatoms. The Kier molecular flexibility index (Phi) is 7.59. The molecule has 1 N–H and O–H groups in total. The summed E-state index contributed by atoms with van der Waals surface area (Å²) in [6.07, 6.45) is 4.18. The Morgan fingerprint density at radius 1 is 1.11 bits per heavy atom. The number of thiophene rings is 1. The van der Waals surface area contributed by atoms with E-state index in [1.165, 1.54) is 62.7 Å². The lowest BCUT2D eigenvalue weighted by Gasteiger charge is -2.24. The molecule has 4 aromatic rings. The quantitative estimate of drug-likeness (QED) is 0.349. The van der Waals surface area contributed by atoms with Crippen LogP contribution in [0.1, 0.15) is 11.3 Å². The molecule has 0 bridgehead atoms. The smallest absolute Gasteiger partial charge is 0.255 e. The van der Waals surface area contributed by atoms with Crippen LogP contribution in [0.3, 0.4) is 0 Å². The van der Waals surface area contributed by atoms with Gasteiger partial charge in [0.25, 0.3) is 11.8 Å². The van der Waals surface area contributed by atoms with Crippen molar-refractivity contribution in [3.63, 3.8) is 0 Å². The van der Waals surface area contributed by atoms with Crippen molar-refractivity contribution >= 4 is 40.4 Å². The summed E-state index contributed by atoms with van der Waals surface area (Å²) in [5.74, 6) is 0.0897. The predicted molar refractivity (Wildman–Crippen MR) is 138 cm³/mol. The van der Waals surface area contributed by atoms with Crippen LogP contribution in [0, 0.1) is 11.7 Å². The molecule has 1 saturated heterocycles. The number of amides is 2. The molecule has 2 aromatic carbocycles. The number of nitrogens with zero attached hydrogens (tertiary/aromatic N) is 4. The van der Waals surface area contributed by atoms with Crippen LogP contribution in [0.5, 0.6) is 11.5 Å². The summed E-state index contributed by atoms with van der Waals surface area (Å²) >= 11 is 7.60. The van der Waals surface area contributed by atoms with Crippen LogP contribution in [0.15, 0.2) is 73.3 Å². The van der Waals surface area contributed by atoms with E-state index in [0.717, 1.165) is 10.8 Å². The lowest BCUT2D eigenvalue weighted by atomic mass is 10.00. The number of ether oxygens (including phenoxy) is 1. The summed E-state index contributed by atoms with van der Waals surface area (Å²) < 4.78 is 21.0. The molecule has 1 aliphatic rings. The number of imide groups is 1. The first kappa shape index (κ1) is 25.1. The van der Waals surface area contributed by atoms with Gasteiger partial charge in [-0.05, 0) is 86.0 Å². The van der Waals surface area contributed by atoms with Gasteiger partial charge >= 0.3 is 0 Å². The molecule has 2 atom stereocenters. The van der Waals surface area contributed by atoms with Crippen molar-refractivity contribution in [3.05, 3.63) is 88.3 Å². The molecule has 0 aliphatic carbocycles. The molecule has 1 aliphatic heterocycles. The third-order valence-corrected chi connectivity index (χ3v) is 7.27. The number of aromatic nitrogens is 3. The molecular weight excluding hydrogens is 517 g/mol. The molecule has 0 spiro atoms. The topological polar surface area (TPSA) is 89.4 Å². The lowest BCUT2D eigenvalue weighted by molar-refractivity contribution is -0.128. The molecule has 2 amide bonds. The minimum Gasteiger partial charge on any atom is -0.457 e. The first-order chi connectivity index (χ1) is 17.9. The molecule has 37 heavy (non-hydrogen) atoms. The molecule has 3 heterocycles. The van der Waals surface area contributed by atoms with E-state index in [9.17, 15) is 14.0 Å². The highest BCUT2D eigenvalue weighted by Gasteiger charge is 2.35. The molecule has 5 rings (SSSR count). The van der Waals surface area contributed by atoms with Gasteiger partial charge in [0.05, 0.1) is 16.1 Å². The number of hydrogen-bond acceptors (Lipinski definition) is 7. The van der Waals surface area contributed by atoms with Gasteiger partial charge < -0.3 is 10.1 Å². The number of rotatable bonds is 8. The Hall–Kier alpha value is -3.60. The van der Waals surface area contributed by atoms with Crippen LogP contribution in [-0.2, 0) is 22.6 Å². The van der Waals surface area contributed by atoms with Gasteiger partial charge in [-0.15, -0.1) is 11.3 Å². The van der Waals surface area contributed by atoms with Crippen LogP contribution in [0.4, 0.5) is 10.1 Å². The van der Waals surface area contributed by atoms with E-state index in [2.05, 4.69) is 15.4 Å². The number of halogens is 2. The first-order valence-corrected chi connectivity index (χ1v) is 12.8. The summed E-state index contributed by atoms with van der Waals surface area (Å²) in [6.45, 7) is 0.533. The Labute approximate surface area is 221 Å². The summed E-state index contributed by atoms with van der Waals surface area (Å²) in [4.78, 5) is 33.2. The van der Waals surface area contributed by atoms with E-state index in [0.29, 0.717) is 30.2 Å². The number of carbonyl (C=O) groups is 2. The third-order valence-electron chi connectivity index (χ3n) is 6.02. The second kappa shape index (κ2) is 11.2. The normalized spacial score (nSPS) is 17.0. The number of benzene rings is 2. The van der Waals surface area contributed by atoms with Gasteiger partial charge in [0.2, 0.25) is 0 Å². The second-order valence-electron chi connectivity index (χ2n) is 8.68. The number of hydrogen-bond donors (Lipinski definition) is 1. The highest BCUT2D eigenvalue weighted by Crippen LogP contribution is 2.29. The fraction of sp³-hybridized carbons (Fsp3) is 0.231. The van der Waals surface area contributed by atoms with E-state index in [1.54, 1.807) is 24.3 Å². The van der Waals surface area contributed by atoms with Crippen molar-refractivity contribution in [2.45, 2.75) is 25.4 Å². The highest BCUT2D eigenvalue weighted by atomic mass is 35.5. The van der Waals surface area contributed by atoms with E-state index in [4.69, 9.17) is 16.3 Å². The van der Waals surface area contributed by atoms with Crippen LogP contribution >= 0.6 is 22.9 Å². The SMILES string of the molecule is O=C(Cn1cncn1)N(C(=O)[C@@H]1C[C@@H](Cc2ccc(Cl)s2)CN1)c1ccc(Oc2ccc(F)cc2)cc1. The van der Waals surface area contributed by atoms with Gasteiger partial charge in [-0.25, -0.2) is 19.0 Å². The average molecular weight is 540 g/mol. The van der Waals surface area contributed by atoms with E-state index in [1.807, 2.05) is 12.1 Å². The lowest BCUT2D eigenvalue weighted by Crippen LogP contribution is -2.48. The predicted octanol–water partition coefficient (Wildman–Crippen LogP) is 4.71. The summed E-state index contributed by atoms with van der Waals surface area (Å²) in [6, 6.07) is 15.7. The van der Waals surface area contributed by atoms with Gasteiger partial charge in [0, 0.05) is 4.88 Å². The fourth-order valence-electron chi connectivity index (χ4n) is 4.27. The summed E-state index contributed by atoms with van der Waals surface area (Å²) in [7, 11) is 0. The number of nitrogens with one attached hydrogen (secondary N) is 1. The van der Waals surface area contributed by atoms with Crippen molar-refractivity contribution < 1.29 is 18.7 Å². The van der Waals surface area contributed by atoms with Crippen LogP contribution in [0.2, 0.25) is 4.34 Å². The van der Waals surface area contributed by atoms with Crippen molar-refractivity contribution in [2.75, 3.05) is 11.4 Å². The van der Waals surface area contributed by atoms with Crippen molar-refractivity contribution in [2.24, 2.45) is 5.92 Å². The third kappa shape index (κ3) is 6.22. The van der Waals surface area contributed by atoms with Crippen LogP contribution in [0.25, 0.3) is 0 Å². The van der Waals surface area contributed by atoms with Crippen LogP contribution in [-0.4, -0.2) is 39.2 Å². The standard InChI is InChI=1S/C26H23ClFN5O3S/c27-24-10-9-22(37-24)11-17-12-23(30-13-17)26(35)33(25(34)14-32-16-29-15-31-32)19-3-7-21(8-4-19)36-20-5-1-18(28)2-6-20/h1-10,15-17,23,30H,11-14H2/t17-,23+/m1/s1. The van der Waals surface area contributed by atoms with E-state index in [-0.39, 0.29) is 24.2 Å². The Morgan fingerprint density at radius 3 is 2.49 bits per heavy atom. The zero-order valence-corrected chi connectivity index (χ0v) is 21.2. The second-order valence-corrected chi connectivity index (χ2v) is 10.5. The zero-order valence-electron chi connectivity index (χ0n) is 19.6. The largest absolute Gasteiger partial charge is 0.457 e. The average Bonchev–Trinajstić information content (AvgIpc) is 3.65. The fourth-order valence-corrected chi connectivity index (χ4v) is 5.48. The minimum atomic E-state index is -0.504. The van der Waals surface area contributed by atoms with Gasteiger partial charge in [0.15, 0.2) is 0 Å². The maximum absolute atomic E-state index is 13.6. The molecular formula is C26H23ClFN5O3S. The van der Waals surface area contributed by atoms with Gasteiger partial charge in [-0.3, -0.25) is 9.59 Å². The molecule has 1 fully saturated rings. The van der Waals surface area contributed by atoms with E-state index >= 15 is 0 Å².